The highest BCUT2D eigenvalue weighted by atomic mass is 16.4. The molecule has 0 saturated heterocycles. The number of hydrogen-bond acceptors (Lipinski definition) is 2. The number of carbonyl (C=O) groups is 1. The zero-order chi connectivity index (χ0) is 9.11. The van der Waals surface area contributed by atoms with Crippen molar-refractivity contribution in [1.82, 2.24) is 0 Å². The van der Waals surface area contributed by atoms with E-state index in [0.29, 0.717) is 6.61 Å². The minimum Gasteiger partial charge on any atom is -0.481 e. The van der Waals surface area contributed by atoms with E-state index in [4.69, 9.17) is 15.0 Å². The number of carboxylic acid groups (broad SMARTS) is 1. The highest BCUT2D eigenvalue weighted by Gasteiger charge is 1.74. The summed E-state index contributed by atoms with van der Waals surface area (Å²) < 4.78 is 0. The standard InChI is InChI=1S/C6H12O.C2H4O2/c1-2-3-4-5-6-7;1-2(3)4/h2-3,7H,4-6H2,1H3;1H3,(H,3,4). The molecule has 0 fully saturated rings. The van der Waals surface area contributed by atoms with Crippen LogP contribution >= 0.6 is 0 Å². The first-order valence-electron chi connectivity index (χ1n) is 3.56. The Hall–Kier alpha value is -0.830. The number of aliphatic carboxylic acids is 1. The van der Waals surface area contributed by atoms with E-state index < -0.39 is 5.97 Å². The zero-order valence-corrected chi connectivity index (χ0v) is 7.08. The highest BCUT2D eigenvalue weighted by Crippen LogP contribution is 1.86. The van der Waals surface area contributed by atoms with E-state index in [2.05, 4.69) is 6.08 Å². The molecule has 0 rings (SSSR count). The van der Waals surface area contributed by atoms with E-state index in [0.717, 1.165) is 19.8 Å². The van der Waals surface area contributed by atoms with E-state index in [1.165, 1.54) is 0 Å². The second-order valence-electron chi connectivity index (χ2n) is 1.95. The fraction of sp³-hybridized carbons (Fsp3) is 0.625. The third-order valence-corrected chi connectivity index (χ3v) is 0.765. The van der Waals surface area contributed by atoms with Crippen molar-refractivity contribution in [3.63, 3.8) is 0 Å². The molecule has 66 valence electrons. The number of aliphatic hydroxyl groups excluding tert-OH is 1. The summed E-state index contributed by atoms with van der Waals surface area (Å²) in [6, 6.07) is 0. The number of rotatable bonds is 3. The van der Waals surface area contributed by atoms with Crippen molar-refractivity contribution in [2.45, 2.75) is 26.7 Å². The van der Waals surface area contributed by atoms with Gasteiger partial charge in [0.25, 0.3) is 5.97 Å². The Labute approximate surface area is 67.4 Å². The van der Waals surface area contributed by atoms with Crippen LogP contribution in [0.2, 0.25) is 0 Å². The van der Waals surface area contributed by atoms with Crippen molar-refractivity contribution in [1.29, 1.82) is 0 Å². The third kappa shape index (κ3) is 46.9. The van der Waals surface area contributed by atoms with Crippen molar-refractivity contribution in [2.75, 3.05) is 6.61 Å². The maximum Gasteiger partial charge on any atom is 0.300 e. The number of carboxylic acids is 1. The Bertz CT molecular complexity index is 104. The van der Waals surface area contributed by atoms with Crippen LogP contribution in [0.1, 0.15) is 26.7 Å². The van der Waals surface area contributed by atoms with Crippen molar-refractivity contribution in [3.05, 3.63) is 12.2 Å². The van der Waals surface area contributed by atoms with Gasteiger partial charge in [0.1, 0.15) is 0 Å². The van der Waals surface area contributed by atoms with Gasteiger partial charge in [0.05, 0.1) is 0 Å². The van der Waals surface area contributed by atoms with Gasteiger partial charge < -0.3 is 10.2 Å². The molecule has 0 aromatic heterocycles. The van der Waals surface area contributed by atoms with Crippen LogP contribution < -0.4 is 0 Å². The second-order valence-corrected chi connectivity index (χ2v) is 1.95. The first-order chi connectivity index (χ1) is 5.15. The summed E-state index contributed by atoms with van der Waals surface area (Å²) in [5, 5.41) is 15.7. The Kier molecular flexibility index (Phi) is 13.9. The van der Waals surface area contributed by atoms with Crippen LogP contribution in [0.15, 0.2) is 12.2 Å². The molecule has 0 atom stereocenters. The van der Waals surface area contributed by atoms with Crippen LogP contribution in [0.5, 0.6) is 0 Å². The molecule has 0 unspecified atom stereocenters. The normalized spacial score (nSPS) is 9.00. The molecule has 2 N–H and O–H groups in total. The van der Waals surface area contributed by atoms with Crippen LogP contribution in [0, 0.1) is 0 Å². The van der Waals surface area contributed by atoms with Crippen LogP contribution in [0.25, 0.3) is 0 Å². The van der Waals surface area contributed by atoms with Gasteiger partial charge in [-0.15, -0.1) is 0 Å². The summed E-state index contributed by atoms with van der Waals surface area (Å²) in [7, 11) is 0. The van der Waals surface area contributed by atoms with E-state index in [1.54, 1.807) is 0 Å². The van der Waals surface area contributed by atoms with Crippen LogP contribution in [-0.4, -0.2) is 22.8 Å². The van der Waals surface area contributed by atoms with Crippen molar-refractivity contribution in [2.24, 2.45) is 0 Å². The van der Waals surface area contributed by atoms with Crippen molar-refractivity contribution < 1.29 is 15.0 Å². The fourth-order valence-corrected chi connectivity index (χ4v) is 0.376. The molecule has 0 aromatic carbocycles. The van der Waals surface area contributed by atoms with Gasteiger partial charge in [-0.1, -0.05) is 12.2 Å². The number of aliphatic hydroxyl groups is 1. The molecule has 0 bridgehead atoms. The molecule has 0 saturated carbocycles. The lowest BCUT2D eigenvalue weighted by Gasteiger charge is -1.83. The Morgan fingerprint density at radius 3 is 2.27 bits per heavy atom. The summed E-state index contributed by atoms with van der Waals surface area (Å²) in [5.74, 6) is -0.833. The predicted octanol–water partition coefficient (Wildman–Crippen LogP) is 1.43. The SMILES string of the molecule is CC(=O)O.CC=CCCCO. The smallest absolute Gasteiger partial charge is 0.300 e. The molecule has 0 aliphatic heterocycles. The average Bonchev–Trinajstić information content (AvgIpc) is 1.88. The third-order valence-electron chi connectivity index (χ3n) is 0.765. The quantitative estimate of drug-likeness (QED) is 0.485. The summed E-state index contributed by atoms with van der Waals surface area (Å²) in [6.45, 7) is 3.38. The minimum absolute atomic E-state index is 0.310. The molecule has 0 radical (unpaired) electrons. The minimum atomic E-state index is -0.833. The van der Waals surface area contributed by atoms with Crippen LogP contribution in [0.3, 0.4) is 0 Å². The molecule has 0 amide bonds. The topological polar surface area (TPSA) is 57.5 Å². The van der Waals surface area contributed by atoms with Gasteiger partial charge in [-0.2, -0.15) is 0 Å². The molecule has 0 aliphatic rings. The molecule has 3 nitrogen and oxygen atoms in total. The fourth-order valence-electron chi connectivity index (χ4n) is 0.376. The summed E-state index contributed by atoms with van der Waals surface area (Å²) in [6.07, 6.45) is 5.95. The number of allylic oxidation sites excluding steroid dienone is 2. The molecule has 0 heterocycles. The first-order valence-corrected chi connectivity index (χ1v) is 3.56. The molecule has 0 aromatic rings. The Morgan fingerprint density at radius 2 is 2.00 bits per heavy atom. The van der Waals surface area contributed by atoms with E-state index >= 15 is 0 Å². The average molecular weight is 160 g/mol. The lowest BCUT2D eigenvalue weighted by atomic mass is 10.3. The summed E-state index contributed by atoms with van der Waals surface area (Å²) >= 11 is 0. The Balaban J connectivity index is 0. The molecular weight excluding hydrogens is 144 g/mol. The summed E-state index contributed by atoms with van der Waals surface area (Å²) in [4.78, 5) is 9.00. The maximum atomic E-state index is 9.00. The monoisotopic (exact) mass is 160 g/mol. The van der Waals surface area contributed by atoms with Crippen molar-refractivity contribution >= 4 is 5.97 Å². The lowest BCUT2D eigenvalue weighted by Crippen LogP contribution is -1.78. The molecule has 3 heteroatoms. The molecular formula is C8H16O3. The lowest BCUT2D eigenvalue weighted by molar-refractivity contribution is -0.134. The van der Waals surface area contributed by atoms with E-state index in [9.17, 15) is 0 Å². The maximum absolute atomic E-state index is 9.00. The Morgan fingerprint density at radius 1 is 1.55 bits per heavy atom. The number of hydrogen-bond donors (Lipinski definition) is 2. The second kappa shape index (κ2) is 11.9. The zero-order valence-electron chi connectivity index (χ0n) is 7.08. The first kappa shape index (κ1) is 12.8. The van der Waals surface area contributed by atoms with Gasteiger partial charge in [0.2, 0.25) is 0 Å². The van der Waals surface area contributed by atoms with Crippen LogP contribution in [-0.2, 0) is 4.79 Å². The molecule has 0 spiro atoms. The molecule has 11 heavy (non-hydrogen) atoms. The van der Waals surface area contributed by atoms with Gasteiger partial charge in [0.15, 0.2) is 0 Å². The van der Waals surface area contributed by atoms with E-state index in [-0.39, 0.29) is 0 Å². The van der Waals surface area contributed by atoms with Gasteiger partial charge in [-0.05, 0) is 19.8 Å². The van der Waals surface area contributed by atoms with Gasteiger partial charge in [0, 0.05) is 13.5 Å². The van der Waals surface area contributed by atoms with Gasteiger partial charge in [-0.25, -0.2) is 0 Å². The van der Waals surface area contributed by atoms with Gasteiger partial charge in [-0.3, -0.25) is 4.79 Å². The van der Waals surface area contributed by atoms with Gasteiger partial charge >= 0.3 is 0 Å². The van der Waals surface area contributed by atoms with Crippen molar-refractivity contribution in [3.8, 4) is 0 Å². The van der Waals surface area contributed by atoms with Crippen LogP contribution in [0.4, 0.5) is 0 Å². The number of unbranched alkanes of at least 4 members (excludes halogenated alkanes) is 1. The summed E-state index contributed by atoms with van der Waals surface area (Å²) in [5.41, 5.74) is 0. The van der Waals surface area contributed by atoms with E-state index in [1.807, 2.05) is 13.0 Å². The predicted molar refractivity (Wildman–Crippen MR) is 44.4 cm³/mol. The molecule has 0 aliphatic carbocycles. The highest BCUT2D eigenvalue weighted by molar-refractivity contribution is 5.62. The largest absolute Gasteiger partial charge is 0.481 e.